The Bertz CT molecular complexity index is 963. The minimum atomic E-state index is -0.240. The topological polar surface area (TPSA) is 85.8 Å². The summed E-state index contributed by atoms with van der Waals surface area (Å²) in [7, 11) is 0. The molecule has 1 heterocycles. The molecule has 0 saturated heterocycles. The Labute approximate surface area is 168 Å². The van der Waals surface area contributed by atoms with Crippen LogP contribution in [0.25, 0.3) is 11.4 Å². The van der Waals surface area contributed by atoms with Crippen molar-refractivity contribution in [3.05, 3.63) is 57.5 Å². The molecule has 0 aliphatic rings. The third-order valence-electron chi connectivity index (χ3n) is 3.32. The van der Waals surface area contributed by atoms with Gasteiger partial charge in [-0.05, 0) is 30.3 Å². The fourth-order valence-electron chi connectivity index (χ4n) is 2.10. The Morgan fingerprint density at radius 2 is 1.85 bits per heavy atom. The average molecular weight is 429 g/mol. The smallest absolute Gasteiger partial charge is 0.234 e. The lowest BCUT2D eigenvalue weighted by atomic mass is 10.2. The van der Waals surface area contributed by atoms with E-state index in [0.29, 0.717) is 37.3 Å². The van der Waals surface area contributed by atoms with Crippen LogP contribution in [0, 0.1) is 0 Å². The van der Waals surface area contributed by atoms with Crippen molar-refractivity contribution in [3.63, 3.8) is 0 Å². The molecule has 3 N–H and O–H groups in total. The van der Waals surface area contributed by atoms with E-state index in [1.54, 1.807) is 30.3 Å². The Balaban J connectivity index is 1.66. The molecule has 0 aliphatic carbocycles. The predicted molar refractivity (Wildman–Crippen MR) is 106 cm³/mol. The van der Waals surface area contributed by atoms with Crippen LogP contribution in [-0.2, 0) is 4.79 Å². The van der Waals surface area contributed by atoms with E-state index in [9.17, 15) is 4.79 Å². The molecule has 0 saturated carbocycles. The monoisotopic (exact) mass is 427 g/mol. The summed E-state index contributed by atoms with van der Waals surface area (Å²) in [5.41, 5.74) is 1.22. The van der Waals surface area contributed by atoms with Crippen LogP contribution in [0.3, 0.4) is 0 Å². The number of carbonyl (C=O) groups excluding carboxylic acids is 1. The van der Waals surface area contributed by atoms with Gasteiger partial charge in [0.25, 0.3) is 0 Å². The van der Waals surface area contributed by atoms with Gasteiger partial charge in [0.1, 0.15) is 0 Å². The average Bonchev–Trinajstić information content (AvgIpc) is 2.97. The molecule has 6 nitrogen and oxygen atoms in total. The van der Waals surface area contributed by atoms with E-state index in [-0.39, 0.29) is 11.7 Å². The number of nitrogens with two attached hydrogens (primary N) is 1. The van der Waals surface area contributed by atoms with E-state index >= 15 is 0 Å². The van der Waals surface area contributed by atoms with Gasteiger partial charge in [-0.25, -0.2) is 4.68 Å². The SMILES string of the molecule is Nn1c(SCC(=O)Nc2ccc(Cl)c(Cl)c2)nnc1-c1ccccc1Cl. The normalized spacial score (nSPS) is 10.7. The molecule has 1 aromatic heterocycles. The molecule has 0 spiro atoms. The Kier molecular flexibility index (Phi) is 5.93. The van der Waals surface area contributed by atoms with Crippen LogP contribution in [0.4, 0.5) is 5.69 Å². The summed E-state index contributed by atoms with van der Waals surface area (Å²) in [6.07, 6.45) is 0. The molecule has 0 bridgehead atoms. The Hall–Kier alpha value is -1.93. The molecule has 0 fully saturated rings. The van der Waals surface area contributed by atoms with Gasteiger partial charge in [0.05, 0.1) is 20.8 Å². The second-order valence-corrected chi connectivity index (χ2v) is 7.29. The van der Waals surface area contributed by atoms with Crippen LogP contribution in [0.15, 0.2) is 47.6 Å². The minimum Gasteiger partial charge on any atom is -0.335 e. The minimum absolute atomic E-state index is 0.0953. The van der Waals surface area contributed by atoms with Gasteiger partial charge in [-0.1, -0.05) is 58.7 Å². The van der Waals surface area contributed by atoms with Crippen LogP contribution < -0.4 is 11.2 Å². The lowest BCUT2D eigenvalue weighted by Crippen LogP contribution is -2.16. The first kappa shape index (κ1) is 18.8. The molecule has 0 unspecified atom stereocenters. The summed E-state index contributed by atoms with van der Waals surface area (Å²) < 4.78 is 1.30. The number of halogens is 3. The number of hydrogen-bond donors (Lipinski definition) is 2. The van der Waals surface area contributed by atoms with Gasteiger partial charge in [-0.2, -0.15) is 0 Å². The molecule has 1 amide bonds. The lowest BCUT2D eigenvalue weighted by Gasteiger charge is -2.07. The van der Waals surface area contributed by atoms with Crippen molar-refractivity contribution in [2.24, 2.45) is 0 Å². The lowest BCUT2D eigenvalue weighted by molar-refractivity contribution is -0.113. The van der Waals surface area contributed by atoms with Gasteiger partial charge in [0.2, 0.25) is 11.1 Å². The molecule has 3 rings (SSSR count). The summed E-state index contributed by atoms with van der Waals surface area (Å²) in [6.45, 7) is 0. The highest BCUT2D eigenvalue weighted by molar-refractivity contribution is 7.99. The second-order valence-electron chi connectivity index (χ2n) is 5.12. The standard InChI is InChI=1S/C16H12Cl3N5OS/c17-11-4-2-1-3-10(11)15-22-23-16(24(15)20)26-8-14(25)21-9-5-6-12(18)13(19)7-9/h1-7H,8,20H2,(H,21,25). The van der Waals surface area contributed by atoms with E-state index in [2.05, 4.69) is 15.5 Å². The predicted octanol–water partition coefficient (Wildman–Crippen LogP) is 4.35. The maximum Gasteiger partial charge on any atom is 0.234 e. The third kappa shape index (κ3) is 4.24. The highest BCUT2D eigenvalue weighted by Gasteiger charge is 2.15. The summed E-state index contributed by atoms with van der Waals surface area (Å²) in [6, 6.07) is 12.0. The van der Waals surface area contributed by atoms with E-state index in [0.717, 1.165) is 11.8 Å². The van der Waals surface area contributed by atoms with Crippen molar-refractivity contribution < 1.29 is 4.79 Å². The number of thioether (sulfide) groups is 1. The van der Waals surface area contributed by atoms with Gasteiger partial charge in [0.15, 0.2) is 5.82 Å². The van der Waals surface area contributed by atoms with Gasteiger partial charge in [-0.15, -0.1) is 10.2 Å². The molecule has 2 aromatic carbocycles. The van der Waals surface area contributed by atoms with Crippen molar-refractivity contribution in [2.45, 2.75) is 5.16 Å². The number of nitrogens with zero attached hydrogens (tertiary/aromatic N) is 3. The zero-order chi connectivity index (χ0) is 18.7. The molecule has 10 heteroatoms. The summed E-state index contributed by atoms with van der Waals surface area (Å²) >= 11 is 19.1. The van der Waals surface area contributed by atoms with Crippen molar-refractivity contribution in [3.8, 4) is 11.4 Å². The molecular weight excluding hydrogens is 417 g/mol. The molecule has 3 aromatic rings. The molecular formula is C16H12Cl3N5OS. The van der Waals surface area contributed by atoms with Crippen molar-refractivity contribution in [2.75, 3.05) is 16.9 Å². The number of aromatic nitrogens is 3. The summed E-state index contributed by atoms with van der Waals surface area (Å²) in [5, 5.41) is 12.5. The van der Waals surface area contributed by atoms with Gasteiger partial charge in [-0.3, -0.25) is 4.79 Å². The second kappa shape index (κ2) is 8.18. The number of rotatable bonds is 5. The fourth-order valence-corrected chi connectivity index (χ4v) is 3.28. The van der Waals surface area contributed by atoms with E-state index in [4.69, 9.17) is 40.6 Å². The van der Waals surface area contributed by atoms with E-state index in [1.165, 1.54) is 4.68 Å². The van der Waals surface area contributed by atoms with Crippen LogP contribution in [-0.4, -0.2) is 26.5 Å². The van der Waals surface area contributed by atoms with Crippen LogP contribution in [0.2, 0.25) is 15.1 Å². The van der Waals surface area contributed by atoms with Crippen LogP contribution in [0.1, 0.15) is 0 Å². The Morgan fingerprint density at radius 1 is 1.08 bits per heavy atom. The molecule has 0 radical (unpaired) electrons. The van der Waals surface area contributed by atoms with E-state index < -0.39 is 0 Å². The van der Waals surface area contributed by atoms with Crippen molar-refractivity contribution in [1.82, 2.24) is 14.9 Å². The number of anilines is 1. The highest BCUT2D eigenvalue weighted by atomic mass is 35.5. The maximum absolute atomic E-state index is 12.1. The zero-order valence-corrected chi connectivity index (χ0v) is 16.2. The molecule has 134 valence electrons. The van der Waals surface area contributed by atoms with Crippen molar-refractivity contribution in [1.29, 1.82) is 0 Å². The quantitative estimate of drug-likeness (QED) is 0.466. The molecule has 0 aliphatic heterocycles. The van der Waals surface area contributed by atoms with Gasteiger partial charge in [0, 0.05) is 11.3 Å². The first-order valence-electron chi connectivity index (χ1n) is 7.29. The van der Waals surface area contributed by atoms with Crippen LogP contribution >= 0.6 is 46.6 Å². The largest absolute Gasteiger partial charge is 0.335 e. The maximum atomic E-state index is 12.1. The molecule has 0 atom stereocenters. The third-order valence-corrected chi connectivity index (χ3v) is 5.33. The first-order chi connectivity index (χ1) is 12.5. The fraction of sp³-hybridized carbons (Fsp3) is 0.0625. The van der Waals surface area contributed by atoms with E-state index in [1.807, 2.05) is 12.1 Å². The number of carbonyl (C=O) groups is 1. The first-order valence-corrected chi connectivity index (χ1v) is 9.40. The number of benzene rings is 2. The summed E-state index contributed by atoms with van der Waals surface area (Å²) in [4.78, 5) is 12.1. The van der Waals surface area contributed by atoms with Crippen molar-refractivity contribution >= 4 is 58.2 Å². The van der Waals surface area contributed by atoms with Gasteiger partial charge < -0.3 is 11.2 Å². The molecule has 26 heavy (non-hydrogen) atoms. The highest BCUT2D eigenvalue weighted by Crippen LogP contribution is 2.28. The number of nitrogen functional groups attached to an aromatic ring is 1. The van der Waals surface area contributed by atoms with Gasteiger partial charge >= 0.3 is 0 Å². The number of hydrogen-bond acceptors (Lipinski definition) is 5. The summed E-state index contributed by atoms with van der Waals surface area (Å²) in [5.74, 6) is 6.30. The van der Waals surface area contributed by atoms with Crippen LogP contribution in [0.5, 0.6) is 0 Å². The number of amides is 1. The zero-order valence-electron chi connectivity index (χ0n) is 13.1. The Morgan fingerprint density at radius 3 is 2.58 bits per heavy atom. The number of nitrogens with one attached hydrogen (secondary N) is 1.